The highest BCUT2D eigenvalue weighted by Crippen LogP contribution is 2.26. The molecule has 2 N–H and O–H groups in total. The molecule has 0 radical (unpaired) electrons. The number of nitrogens with zero attached hydrogens (tertiary/aromatic N) is 2. The molecule has 1 aliphatic heterocycles. The van der Waals surface area contributed by atoms with Crippen molar-refractivity contribution in [2.45, 2.75) is 18.9 Å². The van der Waals surface area contributed by atoms with Gasteiger partial charge in [-0.1, -0.05) is 22.9 Å². The highest BCUT2D eigenvalue weighted by atomic mass is 35.5. The topological polar surface area (TPSA) is 77.8 Å². The Morgan fingerprint density at radius 3 is 3.06 bits per heavy atom. The van der Waals surface area contributed by atoms with E-state index in [1.54, 1.807) is 0 Å². The van der Waals surface area contributed by atoms with Gasteiger partial charge in [0, 0.05) is 19.0 Å². The molecule has 1 unspecified atom stereocenters. The van der Waals surface area contributed by atoms with E-state index >= 15 is 0 Å². The quantitative estimate of drug-likeness (QED) is 0.838. The standard InChI is InChI=1S/C9H9ClN4OS/c10-8-6(3-11)16-9(14-8)13-5-1-2-7(15)12-4-5/h5H,1-2,4H2,(H,12,15)(H,13,14). The van der Waals surface area contributed by atoms with E-state index in [1.165, 1.54) is 11.3 Å². The number of thiazole rings is 1. The summed E-state index contributed by atoms with van der Waals surface area (Å²) in [4.78, 5) is 15.4. The summed E-state index contributed by atoms with van der Waals surface area (Å²) in [6, 6.07) is 2.13. The number of nitriles is 1. The van der Waals surface area contributed by atoms with E-state index in [1.807, 2.05) is 6.07 Å². The Balaban J connectivity index is 1.99. The van der Waals surface area contributed by atoms with Gasteiger partial charge in [-0.05, 0) is 6.42 Å². The van der Waals surface area contributed by atoms with Crippen molar-refractivity contribution in [3.05, 3.63) is 10.0 Å². The molecular weight excluding hydrogens is 248 g/mol. The van der Waals surface area contributed by atoms with Crippen LogP contribution in [0.4, 0.5) is 5.13 Å². The number of aromatic nitrogens is 1. The molecule has 0 bridgehead atoms. The summed E-state index contributed by atoms with van der Waals surface area (Å²) in [5.41, 5.74) is 0. The van der Waals surface area contributed by atoms with Crippen LogP contribution in [0.15, 0.2) is 0 Å². The molecule has 0 saturated carbocycles. The molecular formula is C9H9ClN4OS. The zero-order valence-electron chi connectivity index (χ0n) is 8.29. The first kappa shape index (κ1) is 11.2. The van der Waals surface area contributed by atoms with Gasteiger partial charge >= 0.3 is 0 Å². The van der Waals surface area contributed by atoms with Gasteiger partial charge in [-0.3, -0.25) is 4.79 Å². The van der Waals surface area contributed by atoms with E-state index in [0.717, 1.165) is 6.42 Å². The molecule has 1 aliphatic rings. The number of piperidine rings is 1. The molecule has 5 nitrogen and oxygen atoms in total. The molecule has 84 valence electrons. The van der Waals surface area contributed by atoms with Crippen molar-refractivity contribution >= 4 is 34.0 Å². The Bertz CT molecular complexity index is 443. The fraction of sp³-hybridized carbons (Fsp3) is 0.444. The van der Waals surface area contributed by atoms with Crippen molar-refractivity contribution in [3.63, 3.8) is 0 Å². The van der Waals surface area contributed by atoms with E-state index < -0.39 is 0 Å². The number of hydrogen-bond acceptors (Lipinski definition) is 5. The monoisotopic (exact) mass is 256 g/mol. The van der Waals surface area contributed by atoms with Gasteiger partial charge in [-0.25, -0.2) is 4.98 Å². The van der Waals surface area contributed by atoms with Crippen LogP contribution in [0.2, 0.25) is 5.15 Å². The lowest BCUT2D eigenvalue weighted by atomic mass is 10.1. The highest BCUT2D eigenvalue weighted by Gasteiger charge is 2.19. The number of hydrogen-bond donors (Lipinski definition) is 2. The number of anilines is 1. The Labute approximate surface area is 101 Å². The van der Waals surface area contributed by atoms with Crippen LogP contribution in [-0.2, 0) is 4.79 Å². The van der Waals surface area contributed by atoms with Crippen LogP contribution in [0.5, 0.6) is 0 Å². The maximum Gasteiger partial charge on any atom is 0.220 e. The maximum atomic E-state index is 10.9. The SMILES string of the molecule is N#Cc1sc(NC2CCC(=O)NC2)nc1Cl. The van der Waals surface area contributed by atoms with Gasteiger partial charge in [0.2, 0.25) is 5.91 Å². The number of carbonyl (C=O) groups is 1. The normalized spacial score (nSPS) is 20.0. The molecule has 0 aliphatic carbocycles. The van der Waals surface area contributed by atoms with Gasteiger partial charge in [0.25, 0.3) is 0 Å². The summed E-state index contributed by atoms with van der Waals surface area (Å²) in [5, 5.41) is 15.5. The summed E-state index contributed by atoms with van der Waals surface area (Å²) in [6.07, 6.45) is 1.28. The second-order valence-corrected chi connectivity index (χ2v) is 4.79. The van der Waals surface area contributed by atoms with Crippen molar-refractivity contribution in [2.75, 3.05) is 11.9 Å². The first-order valence-electron chi connectivity index (χ1n) is 4.78. The van der Waals surface area contributed by atoms with Crippen LogP contribution in [0.3, 0.4) is 0 Å². The number of halogens is 1. The van der Waals surface area contributed by atoms with Gasteiger partial charge in [-0.15, -0.1) is 0 Å². The lowest BCUT2D eigenvalue weighted by molar-refractivity contribution is -0.122. The first-order chi connectivity index (χ1) is 7.69. The van der Waals surface area contributed by atoms with E-state index in [0.29, 0.717) is 23.0 Å². The molecule has 7 heteroatoms. The molecule has 1 amide bonds. The number of carbonyl (C=O) groups excluding carboxylic acids is 1. The third-order valence-electron chi connectivity index (χ3n) is 2.28. The fourth-order valence-corrected chi connectivity index (χ4v) is 2.49. The predicted molar refractivity (Wildman–Crippen MR) is 61.5 cm³/mol. The third kappa shape index (κ3) is 2.43. The van der Waals surface area contributed by atoms with Crippen molar-refractivity contribution in [1.82, 2.24) is 10.3 Å². The average molecular weight is 257 g/mol. The molecule has 2 heterocycles. The minimum atomic E-state index is 0.0768. The molecule has 1 fully saturated rings. The zero-order valence-corrected chi connectivity index (χ0v) is 9.86. The molecule has 16 heavy (non-hydrogen) atoms. The van der Waals surface area contributed by atoms with Gasteiger partial charge < -0.3 is 10.6 Å². The van der Waals surface area contributed by atoms with Gasteiger partial charge in [0.1, 0.15) is 10.9 Å². The van der Waals surface area contributed by atoms with Gasteiger partial charge in [-0.2, -0.15) is 5.26 Å². The van der Waals surface area contributed by atoms with Gasteiger partial charge in [0.15, 0.2) is 10.3 Å². The summed E-state index contributed by atoms with van der Waals surface area (Å²) < 4.78 is 0. The lowest BCUT2D eigenvalue weighted by Crippen LogP contribution is -2.41. The van der Waals surface area contributed by atoms with E-state index in [9.17, 15) is 4.79 Å². The predicted octanol–water partition coefficient (Wildman–Crippen LogP) is 1.36. The van der Waals surface area contributed by atoms with Crippen molar-refractivity contribution in [1.29, 1.82) is 5.26 Å². The highest BCUT2D eigenvalue weighted by molar-refractivity contribution is 7.16. The van der Waals surface area contributed by atoms with Crippen molar-refractivity contribution < 1.29 is 4.79 Å². The lowest BCUT2D eigenvalue weighted by Gasteiger charge is -2.22. The minimum Gasteiger partial charge on any atom is -0.357 e. The summed E-state index contributed by atoms with van der Waals surface area (Å²) >= 11 is 6.98. The molecule has 1 atom stereocenters. The van der Waals surface area contributed by atoms with Crippen LogP contribution in [0.1, 0.15) is 17.7 Å². The Morgan fingerprint density at radius 2 is 2.50 bits per heavy atom. The summed E-state index contributed by atoms with van der Waals surface area (Å²) in [5.74, 6) is 0.0768. The van der Waals surface area contributed by atoms with E-state index in [2.05, 4.69) is 15.6 Å². The van der Waals surface area contributed by atoms with E-state index in [-0.39, 0.29) is 17.1 Å². The maximum absolute atomic E-state index is 10.9. The summed E-state index contributed by atoms with van der Waals surface area (Å²) in [6.45, 7) is 0.581. The first-order valence-corrected chi connectivity index (χ1v) is 5.98. The molecule has 1 aromatic heterocycles. The van der Waals surface area contributed by atoms with Crippen molar-refractivity contribution in [3.8, 4) is 6.07 Å². The molecule has 1 saturated heterocycles. The number of amides is 1. The van der Waals surface area contributed by atoms with Crippen LogP contribution in [0.25, 0.3) is 0 Å². The second-order valence-electron chi connectivity index (χ2n) is 3.43. The van der Waals surface area contributed by atoms with Crippen LogP contribution in [-0.4, -0.2) is 23.5 Å². The van der Waals surface area contributed by atoms with Crippen LogP contribution >= 0.6 is 22.9 Å². The molecule has 2 rings (SSSR count). The van der Waals surface area contributed by atoms with Gasteiger partial charge in [0.05, 0.1) is 0 Å². The zero-order chi connectivity index (χ0) is 11.5. The fourth-order valence-electron chi connectivity index (χ4n) is 1.46. The molecule has 0 spiro atoms. The minimum absolute atomic E-state index is 0.0768. The number of nitrogens with one attached hydrogen (secondary N) is 2. The Morgan fingerprint density at radius 1 is 1.69 bits per heavy atom. The van der Waals surface area contributed by atoms with E-state index in [4.69, 9.17) is 16.9 Å². The smallest absolute Gasteiger partial charge is 0.220 e. The Hall–Kier alpha value is -1.32. The second kappa shape index (κ2) is 4.68. The van der Waals surface area contributed by atoms with Crippen LogP contribution in [0, 0.1) is 11.3 Å². The van der Waals surface area contributed by atoms with Crippen molar-refractivity contribution in [2.24, 2.45) is 0 Å². The Kier molecular flexibility index (Phi) is 3.27. The summed E-state index contributed by atoms with van der Waals surface area (Å²) in [7, 11) is 0. The third-order valence-corrected chi connectivity index (χ3v) is 3.56. The number of rotatable bonds is 2. The molecule has 0 aromatic carbocycles. The molecule has 1 aromatic rings. The van der Waals surface area contributed by atoms with Crippen LogP contribution < -0.4 is 10.6 Å². The average Bonchev–Trinajstić information content (AvgIpc) is 2.62. The largest absolute Gasteiger partial charge is 0.357 e.